The maximum absolute atomic E-state index is 14.4. The number of hydrogen-bond acceptors (Lipinski definition) is 3. The average Bonchev–Trinajstić information content (AvgIpc) is 3.27. The van der Waals surface area contributed by atoms with Gasteiger partial charge in [0.05, 0.1) is 23.1 Å². The van der Waals surface area contributed by atoms with Gasteiger partial charge in [0, 0.05) is 39.8 Å². The summed E-state index contributed by atoms with van der Waals surface area (Å²) in [6.45, 7) is 1.75. The number of nitrogens with zero attached hydrogens (tertiary/aromatic N) is 3. The highest BCUT2D eigenvalue weighted by Crippen LogP contribution is 2.30. The molecule has 0 spiro atoms. The molecule has 8 heteroatoms. The van der Waals surface area contributed by atoms with E-state index in [9.17, 15) is 13.6 Å². The summed E-state index contributed by atoms with van der Waals surface area (Å²) in [6.07, 6.45) is 4.87. The zero-order valence-electron chi connectivity index (χ0n) is 17.9. The predicted molar refractivity (Wildman–Crippen MR) is 128 cm³/mol. The zero-order chi connectivity index (χ0) is 23.8. The fourth-order valence-corrected chi connectivity index (χ4v) is 3.91. The van der Waals surface area contributed by atoms with E-state index in [1.807, 2.05) is 6.07 Å². The molecule has 0 radical (unpaired) electrons. The molecule has 0 unspecified atom stereocenters. The number of hydrogen-bond donors (Lipinski definition) is 1. The van der Waals surface area contributed by atoms with E-state index in [1.165, 1.54) is 18.3 Å². The second-order valence-corrected chi connectivity index (χ2v) is 8.11. The molecule has 3 aromatic heterocycles. The Labute approximate surface area is 198 Å². The minimum Gasteiger partial charge on any atom is -0.322 e. The fourth-order valence-electron chi connectivity index (χ4n) is 3.78. The van der Waals surface area contributed by atoms with Gasteiger partial charge >= 0.3 is 0 Å². The van der Waals surface area contributed by atoms with Gasteiger partial charge in [-0.1, -0.05) is 17.7 Å². The van der Waals surface area contributed by atoms with E-state index in [2.05, 4.69) is 15.3 Å². The summed E-state index contributed by atoms with van der Waals surface area (Å²) in [5, 5.41) is 3.42. The highest BCUT2D eigenvalue weighted by atomic mass is 35.5. The molecule has 0 aliphatic heterocycles. The molecule has 0 atom stereocenters. The van der Waals surface area contributed by atoms with Gasteiger partial charge in [-0.2, -0.15) is 0 Å². The smallest absolute Gasteiger partial charge is 0.257 e. The first kappa shape index (κ1) is 21.7. The monoisotopic (exact) mass is 474 g/mol. The van der Waals surface area contributed by atoms with Crippen LogP contribution < -0.4 is 5.32 Å². The molecular weight excluding hydrogens is 458 g/mol. The summed E-state index contributed by atoms with van der Waals surface area (Å²) in [5.41, 5.74) is 3.97. The molecule has 5 aromatic rings. The first-order valence-electron chi connectivity index (χ1n) is 10.4. The first-order valence-corrected chi connectivity index (χ1v) is 10.7. The lowest BCUT2D eigenvalue weighted by molar-refractivity contribution is 0.102. The van der Waals surface area contributed by atoms with Crippen LogP contribution in [0.1, 0.15) is 16.1 Å². The number of nitrogens with one attached hydrogen (secondary N) is 1. The number of rotatable bonds is 4. The van der Waals surface area contributed by atoms with Crippen LogP contribution in [0.4, 0.5) is 14.5 Å². The van der Waals surface area contributed by atoms with Gasteiger partial charge in [0.25, 0.3) is 5.91 Å². The van der Waals surface area contributed by atoms with Crippen LogP contribution in [0.25, 0.3) is 28.0 Å². The lowest BCUT2D eigenvalue weighted by atomic mass is 10.0. The summed E-state index contributed by atoms with van der Waals surface area (Å²) in [5.74, 6) is -2.18. The molecule has 0 saturated carbocycles. The molecule has 0 fully saturated rings. The summed E-state index contributed by atoms with van der Waals surface area (Å²) < 4.78 is 29.9. The van der Waals surface area contributed by atoms with E-state index in [1.54, 1.807) is 60.1 Å². The highest BCUT2D eigenvalue weighted by molar-refractivity contribution is 6.30. The van der Waals surface area contributed by atoms with Crippen molar-refractivity contribution >= 4 is 28.8 Å². The highest BCUT2D eigenvalue weighted by Gasteiger charge is 2.18. The van der Waals surface area contributed by atoms with Gasteiger partial charge in [0.2, 0.25) is 0 Å². The summed E-state index contributed by atoms with van der Waals surface area (Å²) in [4.78, 5) is 21.8. The van der Waals surface area contributed by atoms with Crippen LogP contribution in [-0.4, -0.2) is 20.3 Å². The van der Waals surface area contributed by atoms with Crippen molar-refractivity contribution in [1.82, 2.24) is 14.4 Å². The zero-order valence-corrected chi connectivity index (χ0v) is 18.6. The number of pyridine rings is 2. The molecule has 1 amide bonds. The number of fused-ring (bicyclic) bond motifs is 1. The largest absolute Gasteiger partial charge is 0.322 e. The van der Waals surface area contributed by atoms with Crippen LogP contribution >= 0.6 is 11.6 Å². The normalized spacial score (nSPS) is 11.1. The summed E-state index contributed by atoms with van der Waals surface area (Å²) >= 11 is 5.91. The molecular formula is C26H17ClF2N4O. The van der Waals surface area contributed by atoms with E-state index in [0.717, 1.165) is 6.07 Å². The Balaban J connectivity index is 1.55. The van der Waals surface area contributed by atoms with E-state index in [0.29, 0.717) is 44.4 Å². The van der Waals surface area contributed by atoms with Crippen molar-refractivity contribution in [3.8, 4) is 22.4 Å². The molecule has 2 aromatic carbocycles. The Bertz CT molecular complexity index is 1550. The minimum absolute atomic E-state index is 0.106. The predicted octanol–water partition coefficient (Wildman–Crippen LogP) is 6.56. The van der Waals surface area contributed by atoms with Crippen LogP contribution in [0, 0.1) is 18.6 Å². The quantitative estimate of drug-likeness (QED) is 0.321. The van der Waals surface area contributed by atoms with Crippen molar-refractivity contribution in [2.45, 2.75) is 6.92 Å². The first-order chi connectivity index (χ1) is 16.4. The molecule has 5 rings (SSSR count). The van der Waals surface area contributed by atoms with Crippen LogP contribution in [-0.2, 0) is 0 Å². The molecule has 1 N–H and O–H groups in total. The maximum atomic E-state index is 14.4. The molecule has 0 aliphatic rings. The second-order valence-electron chi connectivity index (χ2n) is 7.68. The summed E-state index contributed by atoms with van der Waals surface area (Å²) in [7, 11) is 0. The second kappa shape index (κ2) is 8.68. The lowest BCUT2D eigenvalue weighted by Gasteiger charge is -2.11. The number of halogens is 3. The topological polar surface area (TPSA) is 59.3 Å². The lowest BCUT2D eigenvalue weighted by Crippen LogP contribution is -2.14. The Morgan fingerprint density at radius 2 is 1.74 bits per heavy atom. The van der Waals surface area contributed by atoms with Crippen LogP contribution in [0.15, 0.2) is 79.3 Å². The van der Waals surface area contributed by atoms with Crippen molar-refractivity contribution < 1.29 is 13.6 Å². The third kappa shape index (κ3) is 3.91. The number of imidazole rings is 1. The van der Waals surface area contributed by atoms with Gasteiger partial charge in [-0.05, 0) is 61.5 Å². The molecule has 0 aliphatic carbocycles. The third-order valence-electron chi connectivity index (χ3n) is 5.51. The van der Waals surface area contributed by atoms with Gasteiger partial charge in [0.1, 0.15) is 5.65 Å². The minimum atomic E-state index is -0.937. The van der Waals surface area contributed by atoms with Gasteiger partial charge in [-0.25, -0.2) is 13.8 Å². The van der Waals surface area contributed by atoms with Crippen molar-refractivity contribution in [2.24, 2.45) is 0 Å². The Morgan fingerprint density at radius 1 is 0.971 bits per heavy atom. The van der Waals surface area contributed by atoms with Crippen molar-refractivity contribution in [3.63, 3.8) is 0 Å². The Kier molecular flexibility index (Phi) is 5.55. The van der Waals surface area contributed by atoms with Crippen molar-refractivity contribution in [2.75, 3.05) is 5.32 Å². The number of benzene rings is 2. The fraction of sp³-hybridized carbons (Fsp3) is 0.0385. The van der Waals surface area contributed by atoms with Gasteiger partial charge in [-0.3, -0.25) is 14.2 Å². The molecule has 34 heavy (non-hydrogen) atoms. The SMILES string of the molecule is Cc1ncc(-c2cccn3c(-c4cccc(F)c4F)cnc23)cc1C(=O)Nc1ccc(Cl)cc1. The maximum Gasteiger partial charge on any atom is 0.257 e. The number of amides is 1. The van der Waals surface area contributed by atoms with Crippen molar-refractivity contribution in [1.29, 1.82) is 0 Å². The Morgan fingerprint density at radius 3 is 2.53 bits per heavy atom. The molecule has 168 valence electrons. The van der Waals surface area contributed by atoms with E-state index >= 15 is 0 Å². The van der Waals surface area contributed by atoms with Crippen molar-refractivity contribution in [3.05, 3.63) is 107 Å². The molecule has 0 bridgehead atoms. The van der Waals surface area contributed by atoms with Gasteiger partial charge in [-0.15, -0.1) is 0 Å². The molecule has 3 heterocycles. The molecule has 0 saturated heterocycles. The van der Waals surface area contributed by atoms with E-state index in [4.69, 9.17) is 11.6 Å². The number of carbonyl (C=O) groups excluding carboxylic acids is 1. The van der Waals surface area contributed by atoms with Crippen LogP contribution in [0.5, 0.6) is 0 Å². The van der Waals surface area contributed by atoms with E-state index in [-0.39, 0.29) is 11.5 Å². The summed E-state index contributed by atoms with van der Waals surface area (Å²) in [6, 6.07) is 16.2. The third-order valence-corrected chi connectivity index (χ3v) is 5.76. The van der Waals surface area contributed by atoms with E-state index < -0.39 is 11.6 Å². The number of aromatic nitrogens is 3. The van der Waals surface area contributed by atoms with Gasteiger partial charge in [0.15, 0.2) is 11.6 Å². The number of carbonyl (C=O) groups is 1. The average molecular weight is 475 g/mol. The van der Waals surface area contributed by atoms with Crippen LogP contribution in [0.3, 0.4) is 0 Å². The van der Waals surface area contributed by atoms with Gasteiger partial charge < -0.3 is 5.32 Å². The molecule has 5 nitrogen and oxygen atoms in total. The van der Waals surface area contributed by atoms with Crippen LogP contribution in [0.2, 0.25) is 5.02 Å². The number of aryl methyl sites for hydroxylation is 1. The standard InChI is InChI=1S/C26H17ClF2N4O/c1-15-21(26(34)32-18-9-7-17(27)8-10-18)12-16(13-30-15)19-5-3-11-33-23(14-31-25(19)33)20-4-2-6-22(28)24(20)29/h2-14H,1H3,(H,32,34). The Hall–Kier alpha value is -4.10. The number of anilines is 1.